The first-order valence-electron chi connectivity index (χ1n) is 10.9. The fourth-order valence-electron chi connectivity index (χ4n) is 3.27. The number of carbonyl (C=O) groups is 1. The number of benzene rings is 2. The van der Waals surface area contributed by atoms with E-state index in [1.807, 2.05) is 57.2 Å². The van der Waals surface area contributed by atoms with Gasteiger partial charge in [0.1, 0.15) is 0 Å². The Balaban J connectivity index is 2.44. The second-order valence-electron chi connectivity index (χ2n) is 8.46. The van der Waals surface area contributed by atoms with Crippen LogP contribution in [0.2, 0.25) is 0 Å². The third-order valence-corrected chi connectivity index (χ3v) is 7.33. The number of sulfonamides is 1. The van der Waals surface area contributed by atoms with Crippen LogP contribution in [0.5, 0.6) is 0 Å². The van der Waals surface area contributed by atoms with Gasteiger partial charge in [0.05, 0.1) is 29.0 Å². The minimum absolute atomic E-state index is 0.0318. The summed E-state index contributed by atoms with van der Waals surface area (Å²) in [6, 6.07) is 16.4. The van der Waals surface area contributed by atoms with Crippen LogP contribution in [0.4, 0.5) is 0 Å². The van der Waals surface area contributed by atoms with Crippen LogP contribution in [0.25, 0.3) is 6.08 Å². The standard InChI is InChI=1S/C25H34N2O4S/c1-5-25(4,24(29)26-22(18-28)19(2)3)23(17-16-20-12-8-6-9-13-20)27-32(30,31)21-14-10-7-11-15-21/h6-17,19,22-23,27-28H,5,18H2,1-4H3,(H,26,29)/b17-16+/t22-,23+,25-/m1/s1. The zero-order valence-corrected chi connectivity index (χ0v) is 20.0. The lowest BCUT2D eigenvalue weighted by Crippen LogP contribution is -2.56. The minimum atomic E-state index is -3.87. The zero-order chi connectivity index (χ0) is 23.8. The summed E-state index contributed by atoms with van der Waals surface area (Å²) < 4.78 is 29.0. The van der Waals surface area contributed by atoms with Gasteiger partial charge in [-0.1, -0.05) is 81.5 Å². The highest BCUT2D eigenvalue weighted by molar-refractivity contribution is 7.89. The molecule has 0 aromatic heterocycles. The van der Waals surface area contributed by atoms with Crippen LogP contribution >= 0.6 is 0 Å². The summed E-state index contributed by atoms with van der Waals surface area (Å²) in [5, 5.41) is 12.6. The average Bonchev–Trinajstić information content (AvgIpc) is 2.80. The van der Waals surface area contributed by atoms with E-state index < -0.39 is 27.5 Å². The molecule has 0 heterocycles. The van der Waals surface area contributed by atoms with Crippen molar-refractivity contribution in [2.24, 2.45) is 11.3 Å². The van der Waals surface area contributed by atoms with E-state index in [1.165, 1.54) is 12.1 Å². The first-order chi connectivity index (χ1) is 15.1. The topological polar surface area (TPSA) is 95.5 Å². The van der Waals surface area contributed by atoms with Crippen LogP contribution < -0.4 is 10.0 Å². The molecule has 32 heavy (non-hydrogen) atoms. The molecule has 174 valence electrons. The molecule has 0 aliphatic rings. The molecule has 0 bridgehead atoms. The molecule has 7 heteroatoms. The van der Waals surface area contributed by atoms with Gasteiger partial charge in [-0.3, -0.25) is 4.79 Å². The zero-order valence-electron chi connectivity index (χ0n) is 19.2. The predicted molar refractivity (Wildman–Crippen MR) is 128 cm³/mol. The molecule has 2 aromatic rings. The van der Waals surface area contributed by atoms with Gasteiger partial charge in [-0.05, 0) is 37.0 Å². The van der Waals surface area contributed by atoms with Crippen molar-refractivity contribution in [1.82, 2.24) is 10.0 Å². The molecular formula is C25H34N2O4S. The summed E-state index contributed by atoms with van der Waals surface area (Å²) in [7, 11) is -3.87. The molecule has 2 rings (SSSR count). The Morgan fingerprint density at radius 3 is 2.12 bits per heavy atom. The molecule has 0 saturated carbocycles. The molecule has 0 radical (unpaired) electrons. The van der Waals surface area contributed by atoms with E-state index in [1.54, 1.807) is 31.2 Å². The van der Waals surface area contributed by atoms with Gasteiger partial charge < -0.3 is 10.4 Å². The largest absolute Gasteiger partial charge is 0.394 e. The van der Waals surface area contributed by atoms with Gasteiger partial charge in [-0.25, -0.2) is 13.1 Å². The monoisotopic (exact) mass is 458 g/mol. The fraction of sp³-hybridized carbons (Fsp3) is 0.400. The molecule has 6 nitrogen and oxygen atoms in total. The van der Waals surface area contributed by atoms with Crippen LogP contribution in [0.1, 0.15) is 39.7 Å². The van der Waals surface area contributed by atoms with E-state index in [0.29, 0.717) is 6.42 Å². The number of aliphatic hydroxyl groups excluding tert-OH is 1. The highest BCUT2D eigenvalue weighted by Crippen LogP contribution is 2.30. The van der Waals surface area contributed by atoms with Crippen molar-refractivity contribution < 1.29 is 18.3 Å². The molecule has 0 spiro atoms. The smallest absolute Gasteiger partial charge is 0.241 e. The number of hydrogen-bond donors (Lipinski definition) is 3. The Kier molecular flexibility index (Phi) is 9.19. The van der Waals surface area contributed by atoms with E-state index in [0.717, 1.165) is 5.56 Å². The number of hydrogen-bond acceptors (Lipinski definition) is 4. The summed E-state index contributed by atoms with van der Waals surface area (Å²) in [6.45, 7) is 7.22. The van der Waals surface area contributed by atoms with Crippen LogP contribution in [-0.2, 0) is 14.8 Å². The molecule has 0 aliphatic heterocycles. The van der Waals surface area contributed by atoms with Gasteiger partial charge in [0, 0.05) is 0 Å². The SMILES string of the molecule is CC[C@@](C)(C(=O)N[C@H](CO)C(C)C)[C@H](/C=C/c1ccccc1)NS(=O)(=O)c1ccccc1. The summed E-state index contributed by atoms with van der Waals surface area (Å²) >= 11 is 0. The van der Waals surface area contributed by atoms with Crippen LogP contribution in [0.3, 0.4) is 0 Å². The normalized spacial score (nSPS) is 15.9. The van der Waals surface area contributed by atoms with Crippen molar-refractivity contribution in [3.05, 3.63) is 72.3 Å². The van der Waals surface area contributed by atoms with Crippen molar-refractivity contribution in [1.29, 1.82) is 0 Å². The van der Waals surface area contributed by atoms with Gasteiger partial charge in [-0.2, -0.15) is 0 Å². The van der Waals surface area contributed by atoms with E-state index in [4.69, 9.17) is 0 Å². The van der Waals surface area contributed by atoms with E-state index in [-0.39, 0.29) is 23.3 Å². The number of rotatable bonds is 11. The molecule has 1 amide bonds. The maximum Gasteiger partial charge on any atom is 0.241 e. The number of nitrogens with one attached hydrogen (secondary N) is 2. The molecule has 2 aromatic carbocycles. The first kappa shape index (κ1) is 25.8. The van der Waals surface area contributed by atoms with E-state index in [2.05, 4.69) is 10.0 Å². The minimum Gasteiger partial charge on any atom is -0.394 e. The quantitative estimate of drug-likeness (QED) is 0.479. The summed E-state index contributed by atoms with van der Waals surface area (Å²) in [6.07, 6.45) is 3.92. The Morgan fingerprint density at radius 1 is 1.06 bits per heavy atom. The van der Waals surface area contributed by atoms with Crippen molar-refractivity contribution in [3.8, 4) is 0 Å². The molecule has 0 aliphatic carbocycles. The van der Waals surface area contributed by atoms with Gasteiger partial charge >= 0.3 is 0 Å². The maximum absolute atomic E-state index is 13.4. The highest BCUT2D eigenvalue weighted by atomic mass is 32.2. The molecule has 3 atom stereocenters. The second kappa shape index (κ2) is 11.4. The van der Waals surface area contributed by atoms with Crippen molar-refractivity contribution >= 4 is 22.0 Å². The maximum atomic E-state index is 13.4. The van der Waals surface area contributed by atoms with Gasteiger partial charge in [0.25, 0.3) is 0 Å². The molecule has 0 saturated heterocycles. The summed E-state index contributed by atoms with van der Waals surface area (Å²) in [5.41, 5.74) is -0.194. The van der Waals surface area contributed by atoms with Gasteiger partial charge in [0.15, 0.2) is 0 Å². The molecular weight excluding hydrogens is 424 g/mol. The lowest BCUT2D eigenvalue weighted by Gasteiger charge is -2.36. The van der Waals surface area contributed by atoms with Crippen LogP contribution in [-0.4, -0.2) is 38.1 Å². The van der Waals surface area contributed by atoms with Crippen molar-refractivity contribution in [2.45, 2.75) is 51.1 Å². The lowest BCUT2D eigenvalue weighted by molar-refractivity contribution is -0.132. The first-order valence-corrected chi connectivity index (χ1v) is 12.3. The van der Waals surface area contributed by atoms with Gasteiger partial charge in [0.2, 0.25) is 15.9 Å². The Bertz CT molecular complexity index is 991. The third kappa shape index (κ3) is 6.51. The second-order valence-corrected chi connectivity index (χ2v) is 10.2. The fourth-order valence-corrected chi connectivity index (χ4v) is 4.59. The van der Waals surface area contributed by atoms with Crippen LogP contribution in [0.15, 0.2) is 71.6 Å². The van der Waals surface area contributed by atoms with E-state index >= 15 is 0 Å². The highest BCUT2D eigenvalue weighted by Gasteiger charge is 2.41. The van der Waals surface area contributed by atoms with E-state index in [9.17, 15) is 18.3 Å². The summed E-state index contributed by atoms with van der Waals surface area (Å²) in [4.78, 5) is 13.5. The van der Waals surface area contributed by atoms with Crippen molar-refractivity contribution in [3.63, 3.8) is 0 Å². The average molecular weight is 459 g/mol. The Morgan fingerprint density at radius 2 is 1.62 bits per heavy atom. The Labute approximate surface area is 191 Å². The third-order valence-electron chi connectivity index (χ3n) is 5.87. The number of carbonyl (C=O) groups excluding carboxylic acids is 1. The predicted octanol–water partition coefficient (Wildman–Crippen LogP) is 3.60. The van der Waals surface area contributed by atoms with Crippen LogP contribution in [0, 0.1) is 11.3 Å². The molecule has 3 N–H and O–H groups in total. The van der Waals surface area contributed by atoms with Crippen molar-refractivity contribution in [2.75, 3.05) is 6.61 Å². The van der Waals surface area contributed by atoms with Gasteiger partial charge in [-0.15, -0.1) is 0 Å². The number of amides is 1. The summed E-state index contributed by atoms with van der Waals surface area (Å²) in [5.74, 6) is -0.282. The molecule has 0 fully saturated rings. The number of aliphatic hydroxyl groups is 1. The molecule has 0 unspecified atom stereocenters. The lowest BCUT2D eigenvalue weighted by atomic mass is 9.78. The Hall–Kier alpha value is -2.48.